The third-order valence-corrected chi connectivity index (χ3v) is 4.03. The maximum absolute atomic E-state index is 9.64. The average Bonchev–Trinajstić information content (AvgIpc) is 2.54. The van der Waals surface area contributed by atoms with Crippen molar-refractivity contribution in [2.45, 2.75) is 19.3 Å². The van der Waals surface area contributed by atoms with E-state index in [0.717, 1.165) is 25.9 Å². The van der Waals surface area contributed by atoms with E-state index in [4.69, 9.17) is 16.2 Å². The predicted molar refractivity (Wildman–Crippen MR) is 84.5 cm³/mol. The number of nitrogens with zero attached hydrogens (tertiary/aromatic N) is 3. The molecule has 2 aromatic rings. The molecule has 0 atom stereocenters. The van der Waals surface area contributed by atoms with Crippen LogP contribution in [0.3, 0.4) is 0 Å². The molecule has 1 saturated heterocycles. The van der Waals surface area contributed by atoms with Crippen molar-refractivity contribution < 1.29 is 9.72 Å². The van der Waals surface area contributed by atoms with Gasteiger partial charge in [0.25, 0.3) is 11.7 Å². The first-order chi connectivity index (χ1) is 10.7. The molecule has 0 unspecified atom stereocenters. The van der Waals surface area contributed by atoms with Gasteiger partial charge in [-0.25, -0.2) is 9.97 Å². The number of nitriles is 1. The van der Waals surface area contributed by atoms with E-state index in [0.29, 0.717) is 39.7 Å². The molecule has 1 aliphatic heterocycles. The number of H-pyrrole nitrogens is 1. The molecule has 2 aromatic heterocycles. The third-order valence-electron chi connectivity index (χ3n) is 4.03. The van der Waals surface area contributed by atoms with Crippen LogP contribution in [0, 0.1) is 11.3 Å². The van der Waals surface area contributed by atoms with Crippen molar-refractivity contribution in [2.75, 3.05) is 36.6 Å². The third kappa shape index (κ3) is 2.22. The number of nitrogens with one attached hydrogen (secondary N) is 1. The lowest BCUT2D eigenvalue weighted by molar-refractivity contribution is -0.374. The summed E-state index contributed by atoms with van der Waals surface area (Å²) < 4.78 is 5.21. The van der Waals surface area contributed by atoms with E-state index in [-0.39, 0.29) is 0 Å². The number of piperidine rings is 1. The summed E-state index contributed by atoms with van der Waals surface area (Å²) >= 11 is 0. The lowest BCUT2D eigenvalue weighted by atomic mass is 10.1. The molecule has 7 heteroatoms. The fourth-order valence-electron chi connectivity index (χ4n) is 2.95. The van der Waals surface area contributed by atoms with E-state index in [2.05, 4.69) is 20.9 Å². The minimum Gasteiger partial charge on any atom is -0.466 e. The number of hydrogen-bond donors (Lipinski definition) is 2. The fourth-order valence-corrected chi connectivity index (χ4v) is 2.95. The van der Waals surface area contributed by atoms with Gasteiger partial charge in [-0.05, 0) is 19.3 Å². The highest BCUT2D eigenvalue weighted by atomic mass is 16.5. The van der Waals surface area contributed by atoms with Crippen LogP contribution in [-0.2, 0) is 0 Å². The molecule has 114 valence electrons. The number of hydrogen-bond acceptors (Lipinski definition) is 6. The monoisotopic (exact) mass is 299 g/mol. The van der Waals surface area contributed by atoms with Crippen molar-refractivity contribution >= 4 is 28.2 Å². The summed E-state index contributed by atoms with van der Waals surface area (Å²) in [5, 5.41) is 10.9. The number of methoxy groups -OCH3 is 1. The van der Waals surface area contributed by atoms with Gasteiger partial charge in [0, 0.05) is 24.5 Å². The van der Waals surface area contributed by atoms with Crippen LogP contribution in [0.1, 0.15) is 24.8 Å². The molecule has 0 radical (unpaired) electrons. The Kier molecular flexibility index (Phi) is 3.59. The first-order valence-electron chi connectivity index (χ1n) is 7.29. The minimum absolute atomic E-state index is 0.325. The number of anilines is 3. The highest BCUT2D eigenvalue weighted by Gasteiger charge is 2.23. The number of aromatic nitrogens is 2. The number of nitrogens with two attached hydrogens (primary N) is 2. The van der Waals surface area contributed by atoms with Crippen molar-refractivity contribution in [1.82, 2.24) is 4.98 Å². The van der Waals surface area contributed by atoms with Crippen molar-refractivity contribution in [3.05, 3.63) is 11.6 Å². The summed E-state index contributed by atoms with van der Waals surface area (Å²) in [5.41, 5.74) is 12.6. The standard InChI is InChI=1S/C15H18N6O/c1-22-11-7-9-10(8-16)15(21-5-3-2-4-6-21)20-14(18)12(9)13(17)19-11/h7H,2-6H2,1H3,(H2,17,19)(H2,18,20)/p+1. The number of ether oxygens (including phenoxy) is 1. The molecule has 0 saturated carbocycles. The molecule has 1 aliphatic rings. The molecule has 7 nitrogen and oxygen atoms in total. The molecular formula is C15H19N6O+. The molecule has 5 N–H and O–H groups in total. The van der Waals surface area contributed by atoms with E-state index < -0.39 is 0 Å². The van der Waals surface area contributed by atoms with Crippen LogP contribution >= 0.6 is 0 Å². The quantitative estimate of drug-likeness (QED) is 0.857. The summed E-state index contributed by atoms with van der Waals surface area (Å²) in [6, 6.07) is 4.00. The topological polar surface area (TPSA) is 115 Å². The lowest BCUT2D eigenvalue weighted by Crippen LogP contribution is -2.31. The highest BCUT2D eigenvalue weighted by Crippen LogP contribution is 2.34. The van der Waals surface area contributed by atoms with Gasteiger partial charge < -0.3 is 15.4 Å². The molecule has 0 bridgehead atoms. The first-order valence-corrected chi connectivity index (χ1v) is 7.29. The average molecular weight is 299 g/mol. The Morgan fingerprint density at radius 1 is 1.32 bits per heavy atom. The Morgan fingerprint density at radius 3 is 2.68 bits per heavy atom. The largest absolute Gasteiger partial charge is 0.466 e. The molecule has 0 amide bonds. The van der Waals surface area contributed by atoms with Crippen LogP contribution in [0.2, 0.25) is 0 Å². The second kappa shape index (κ2) is 5.56. The van der Waals surface area contributed by atoms with Crippen molar-refractivity contribution in [2.24, 2.45) is 0 Å². The van der Waals surface area contributed by atoms with E-state index in [1.807, 2.05) is 0 Å². The molecule has 0 spiro atoms. The molecule has 0 aliphatic carbocycles. The van der Waals surface area contributed by atoms with Crippen LogP contribution in [0.5, 0.6) is 5.88 Å². The molecular weight excluding hydrogens is 280 g/mol. The van der Waals surface area contributed by atoms with Gasteiger partial charge in [0.15, 0.2) is 0 Å². The number of rotatable bonds is 2. The fraction of sp³-hybridized carbons (Fsp3) is 0.400. The van der Waals surface area contributed by atoms with Gasteiger partial charge in [0.2, 0.25) is 0 Å². The van der Waals surface area contributed by atoms with E-state index in [9.17, 15) is 5.26 Å². The second-order valence-corrected chi connectivity index (χ2v) is 5.40. The maximum atomic E-state index is 9.64. The van der Waals surface area contributed by atoms with Crippen LogP contribution in [0.15, 0.2) is 6.07 Å². The number of fused-ring (bicyclic) bond motifs is 1. The summed E-state index contributed by atoms with van der Waals surface area (Å²) in [6.07, 6.45) is 3.40. The van der Waals surface area contributed by atoms with Crippen LogP contribution in [-0.4, -0.2) is 25.2 Å². The summed E-state index contributed by atoms with van der Waals surface area (Å²) in [6.45, 7) is 1.77. The van der Waals surface area contributed by atoms with E-state index >= 15 is 0 Å². The van der Waals surface area contributed by atoms with Gasteiger partial charge >= 0.3 is 0 Å². The normalized spacial score (nSPS) is 14.8. The van der Waals surface area contributed by atoms with Crippen molar-refractivity contribution in [1.29, 1.82) is 5.26 Å². The summed E-state index contributed by atoms with van der Waals surface area (Å²) in [5.74, 6) is 1.79. The number of nitrogen functional groups attached to an aromatic ring is 2. The Labute approximate surface area is 128 Å². The molecule has 22 heavy (non-hydrogen) atoms. The van der Waals surface area contributed by atoms with Crippen LogP contribution < -0.4 is 26.1 Å². The lowest BCUT2D eigenvalue weighted by Gasteiger charge is -2.29. The van der Waals surface area contributed by atoms with Gasteiger partial charge in [-0.15, -0.1) is 0 Å². The molecule has 1 fully saturated rings. The zero-order valence-electron chi connectivity index (χ0n) is 12.5. The van der Waals surface area contributed by atoms with Gasteiger partial charge in [-0.3, -0.25) is 5.73 Å². The summed E-state index contributed by atoms with van der Waals surface area (Å²) in [4.78, 5) is 9.48. The Morgan fingerprint density at radius 2 is 2.05 bits per heavy atom. The van der Waals surface area contributed by atoms with Crippen LogP contribution in [0.25, 0.3) is 10.8 Å². The van der Waals surface area contributed by atoms with Gasteiger partial charge in [-0.2, -0.15) is 5.26 Å². The summed E-state index contributed by atoms with van der Waals surface area (Å²) in [7, 11) is 1.54. The number of pyridine rings is 2. The van der Waals surface area contributed by atoms with E-state index in [1.165, 1.54) is 6.42 Å². The van der Waals surface area contributed by atoms with Crippen LogP contribution in [0.4, 0.5) is 17.5 Å². The second-order valence-electron chi connectivity index (χ2n) is 5.40. The van der Waals surface area contributed by atoms with Gasteiger partial charge in [0.05, 0.1) is 7.11 Å². The Bertz CT molecular complexity index is 761. The predicted octanol–water partition coefficient (Wildman–Crippen LogP) is 1.08. The van der Waals surface area contributed by atoms with Crippen molar-refractivity contribution in [3.8, 4) is 11.9 Å². The zero-order chi connectivity index (χ0) is 15.7. The highest BCUT2D eigenvalue weighted by molar-refractivity contribution is 6.03. The van der Waals surface area contributed by atoms with Crippen molar-refractivity contribution in [3.63, 3.8) is 0 Å². The Balaban J connectivity index is 2.28. The van der Waals surface area contributed by atoms with Gasteiger partial charge in [0.1, 0.15) is 28.7 Å². The molecule has 3 rings (SSSR count). The minimum atomic E-state index is 0.325. The van der Waals surface area contributed by atoms with E-state index in [1.54, 1.807) is 13.2 Å². The molecule has 3 heterocycles. The smallest absolute Gasteiger partial charge is 0.284 e. The maximum Gasteiger partial charge on any atom is 0.284 e. The number of aromatic amines is 1. The van der Waals surface area contributed by atoms with Gasteiger partial charge in [-0.1, -0.05) is 0 Å². The Hall–Kier alpha value is -2.75. The molecule has 0 aromatic carbocycles. The first kappa shape index (κ1) is 14.2. The SMILES string of the molecule is COc1cc2c(C#N)c(N3CCCCC3)nc(N)c2c(N)[nH+]1. The zero-order valence-corrected chi connectivity index (χ0v) is 12.5.